The van der Waals surface area contributed by atoms with Crippen LogP contribution in [0.15, 0.2) is 59.1 Å². The van der Waals surface area contributed by atoms with Crippen LogP contribution < -0.4 is 10.5 Å². The molecule has 0 aliphatic heterocycles. The van der Waals surface area contributed by atoms with Crippen LogP contribution in [0.4, 0.5) is 0 Å². The van der Waals surface area contributed by atoms with Gasteiger partial charge in [0.25, 0.3) is 5.91 Å². The van der Waals surface area contributed by atoms with Crippen LogP contribution in [0.3, 0.4) is 0 Å². The van der Waals surface area contributed by atoms with Crippen LogP contribution in [0.25, 0.3) is 11.1 Å². The fourth-order valence-corrected chi connectivity index (χ4v) is 6.44. The molecule has 5 rings (SSSR count). The SMILES string of the molecule is CCOc1cccc(-c2ccc(O)c3c2C[C@H]2C[C@H]4[C@H](N(C)C)C(O)=C(C(N)=O)C(=O)[C@@]4(O)C(O)=C2C3=O)c1. The molecule has 0 spiro atoms. The first-order chi connectivity index (χ1) is 18.4. The molecule has 39 heavy (non-hydrogen) atoms. The van der Waals surface area contributed by atoms with E-state index >= 15 is 0 Å². The second kappa shape index (κ2) is 9.25. The van der Waals surface area contributed by atoms with E-state index in [1.165, 1.54) is 11.0 Å². The van der Waals surface area contributed by atoms with Crippen LogP contribution in [-0.2, 0) is 16.0 Å². The molecular formula is C29H30N2O8. The molecule has 0 bridgehead atoms. The molecule has 1 amide bonds. The monoisotopic (exact) mass is 534 g/mol. The number of nitrogens with two attached hydrogens (primary N) is 1. The maximum atomic E-state index is 13.9. The second-order valence-electron chi connectivity index (χ2n) is 10.4. The largest absolute Gasteiger partial charge is 0.510 e. The smallest absolute Gasteiger partial charge is 0.255 e. The molecule has 2 aromatic carbocycles. The van der Waals surface area contributed by atoms with E-state index in [2.05, 4.69) is 0 Å². The summed E-state index contributed by atoms with van der Waals surface area (Å²) in [5, 5.41) is 44.7. The summed E-state index contributed by atoms with van der Waals surface area (Å²) in [7, 11) is 3.18. The lowest BCUT2D eigenvalue weighted by Gasteiger charge is -2.50. The molecular weight excluding hydrogens is 504 g/mol. The van der Waals surface area contributed by atoms with Gasteiger partial charge in [-0.15, -0.1) is 0 Å². The summed E-state index contributed by atoms with van der Waals surface area (Å²) >= 11 is 0. The lowest BCUT2D eigenvalue weighted by molar-refractivity contribution is -0.148. The Kier molecular flexibility index (Phi) is 6.27. The zero-order chi connectivity index (χ0) is 28.4. The number of allylic oxidation sites excluding steroid dienone is 1. The van der Waals surface area contributed by atoms with E-state index < -0.39 is 58.0 Å². The molecule has 0 aromatic heterocycles. The van der Waals surface area contributed by atoms with Crippen LogP contribution in [0.5, 0.6) is 11.5 Å². The maximum absolute atomic E-state index is 13.9. The molecule has 2 aromatic rings. The number of amides is 1. The Morgan fingerprint density at radius 1 is 1.15 bits per heavy atom. The Labute approximate surface area is 224 Å². The Bertz CT molecular complexity index is 1490. The van der Waals surface area contributed by atoms with E-state index in [9.17, 15) is 34.8 Å². The first kappa shape index (κ1) is 26.5. The van der Waals surface area contributed by atoms with Crippen molar-refractivity contribution in [3.05, 3.63) is 70.2 Å². The molecule has 3 aliphatic rings. The van der Waals surface area contributed by atoms with Crippen LogP contribution in [0, 0.1) is 11.8 Å². The summed E-state index contributed by atoms with van der Waals surface area (Å²) in [6.07, 6.45) is 0.233. The predicted molar refractivity (Wildman–Crippen MR) is 140 cm³/mol. The van der Waals surface area contributed by atoms with Gasteiger partial charge in [0.2, 0.25) is 5.78 Å². The summed E-state index contributed by atoms with van der Waals surface area (Å²) < 4.78 is 5.62. The minimum absolute atomic E-state index is 0.0276. The van der Waals surface area contributed by atoms with Crippen LogP contribution >= 0.6 is 0 Å². The lowest BCUT2D eigenvalue weighted by Crippen LogP contribution is -2.63. The van der Waals surface area contributed by atoms with Crippen molar-refractivity contribution in [1.29, 1.82) is 0 Å². The zero-order valence-electron chi connectivity index (χ0n) is 21.8. The average Bonchev–Trinajstić information content (AvgIpc) is 2.86. The number of likely N-dealkylation sites (N-methyl/N-ethyl adjacent to an activating group) is 1. The summed E-state index contributed by atoms with van der Waals surface area (Å²) in [5.74, 6) is -6.11. The number of ether oxygens (including phenoxy) is 1. The number of carbonyl (C=O) groups excluding carboxylic acids is 3. The van der Waals surface area contributed by atoms with E-state index in [0.717, 1.165) is 5.56 Å². The van der Waals surface area contributed by atoms with Gasteiger partial charge in [-0.05, 0) is 74.7 Å². The fourth-order valence-electron chi connectivity index (χ4n) is 6.44. The number of hydrogen-bond donors (Lipinski definition) is 5. The molecule has 0 fully saturated rings. The molecule has 204 valence electrons. The number of hydrogen-bond acceptors (Lipinski definition) is 9. The number of nitrogens with zero attached hydrogens (tertiary/aromatic N) is 1. The number of rotatable bonds is 5. The molecule has 10 heteroatoms. The quantitative estimate of drug-likeness (QED) is 0.361. The molecule has 0 heterocycles. The Morgan fingerprint density at radius 3 is 2.51 bits per heavy atom. The van der Waals surface area contributed by atoms with Gasteiger partial charge in [-0.3, -0.25) is 19.3 Å². The Hall–Kier alpha value is -4.15. The molecule has 10 nitrogen and oxygen atoms in total. The van der Waals surface area contributed by atoms with Crippen molar-refractivity contribution in [2.45, 2.75) is 31.4 Å². The van der Waals surface area contributed by atoms with Crippen molar-refractivity contribution in [3.63, 3.8) is 0 Å². The first-order valence-corrected chi connectivity index (χ1v) is 12.7. The van der Waals surface area contributed by atoms with Crippen molar-refractivity contribution >= 4 is 17.5 Å². The number of aliphatic hydroxyl groups excluding tert-OH is 2. The van der Waals surface area contributed by atoms with Gasteiger partial charge in [0.1, 0.15) is 28.6 Å². The lowest BCUT2D eigenvalue weighted by atomic mass is 9.58. The Morgan fingerprint density at radius 2 is 1.87 bits per heavy atom. The van der Waals surface area contributed by atoms with Gasteiger partial charge in [-0.1, -0.05) is 18.2 Å². The molecule has 0 radical (unpaired) electrons. The fraction of sp³-hybridized carbons (Fsp3) is 0.345. The molecule has 0 saturated carbocycles. The van der Waals surface area contributed by atoms with Crippen molar-refractivity contribution in [3.8, 4) is 22.6 Å². The van der Waals surface area contributed by atoms with Crippen LogP contribution in [-0.4, -0.2) is 75.1 Å². The van der Waals surface area contributed by atoms with E-state index in [4.69, 9.17) is 10.5 Å². The van der Waals surface area contributed by atoms with Gasteiger partial charge in [-0.2, -0.15) is 0 Å². The molecule has 6 N–H and O–H groups in total. The van der Waals surface area contributed by atoms with Crippen molar-refractivity contribution < 1.29 is 39.5 Å². The van der Waals surface area contributed by atoms with E-state index in [0.29, 0.717) is 23.5 Å². The van der Waals surface area contributed by atoms with E-state index in [-0.39, 0.29) is 29.7 Å². The molecule has 3 aliphatic carbocycles. The van der Waals surface area contributed by atoms with Gasteiger partial charge >= 0.3 is 0 Å². The number of phenolic OH excluding ortho intramolecular Hbond substituents is 1. The number of carbonyl (C=O) groups is 3. The van der Waals surface area contributed by atoms with Crippen LogP contribution in [0.2, 0.25) is 0 Å². The van der Waals surface area contributed by atoms with Crippen molar-refractivity contribution in [2.24, 2.45) is 17.6 Å². The van der Waals surface area contributed by atoms with Crippen LogP contribution in [0.1, 0.15) is 29.3 Å². The second-order valence-corrected chi connectivity index (χ2v) is 10.4. The predicted octanol–water partition coefficient (Wildman–Crippen LogP) is 2.19. The number of fused-ring (bicyclic) bond motifs is 3. The van der Waals surface area contributed by atoms with E-state index in [1.807, 2.05) is 31.2 Å². The third kappa shape index (κ3) is 3.74. The highest BCUT2D eigenvalue weighted by Gasteiger charge is 2.63. The highest BCUT2D eigenvalue weighted by Crippen LogP contribution is 2.53. The van der Waals surface area contributed by atoms with Gasteiger partial charge in [-0.25, -0.2) is 0 Å². The van der Waals surface area contributed by atoms with Gasteiger partial charge < -0.3 is 30.9 Å². The van der Waals surface area contributed by atoms with Gasteiger partial charge in [0, 0.05) is 11.5 Å². The molecule has 4 atom stereocenters. The number of ketones is 2. The topological polar surface area (TPSA) is 171 Å². The average molecular weight is 535 g/mol. The summed E-state index contributed by atoms with van der Waals surface area (Å²) in [5.41, 5.74) is 3.67. The highest BCUT2D eigenvalue weighted by molar-refractivity contribution is 6.24. The van der Waals surface area contributed by atoms with Crippen molar-refractivity contribution in [1.82, 2.24) is 4.90 Å². The minimum Gasteiger partial charge on any atom is -0.510 e. The number of aliphatic hydroxyl groups is 3. The zero-order valence-corrected chi connectivity index (χ0v) is 21.8. The number of Topliss-reactive ketones (excluding diaryl/α,β-unsaturated/α-hetero) is 2. The number of phenols is 1. The third-order valence-electron chi connectivity index (χ3n) is 8.06. The maximum Gasteiger partial charge on any atom is 0.255 e. The molecule has 0 unspecified atom stereocenters. The van der Waals surface area contributed by atoms with E-state index in [1.54, 1.807) is 20.2 Å². The Balaban J connectivity index is 1.70. The van der Waals surface area contributed by atoms with Crippen molar-refractivity contribution in [2.75, 3.05) is 20.7 Å². The normalized spacial score (nSPS) is 26.3. The van der Waals surface area contributed by atoms with Gasteiger partial charge in [0.05, 0.1) is 18.2 Å². The third-order valence-corrected chi connectivity index (χ3v) is 8.06. The summed E-state index contributed by atoms with van der Waals surface area (Å²) in [6.45, 7) is 2.34. The number of aromatic hydroxyl groups is 1. The summed E-state index contributed by atoms with van der Waals surface area (Å²) in [4.78, 5) is 40.9. The minimum atomic E-state index is -2.66. The number of primary amides is 1. The first-order valence-electron chi connectivity index (χ1n) is 12.7. The standard InChI is InChI=1S/C29H30N2O8/c1-4-39-15-7-5-6-13(10-15)16-8-9-19(32)21-17(16)11-14-12-18-23(31(2)3)25(34)22(28(30)37)27(36)29(18,38)26(35)20(14)24(21)33/h5-10,14,18,23,32,34-35,38H,4,11-12H2,1-3H3,(H2,30,37)/t14-,18-,23-,29-/m0/s1. The van der Waals surface area contributed by atoms with Gasteiger partial charge in [0.15, 0.2) is 11.4 Å². The highest BCUT2D eigenvalue weighted by atomic mass is 16.5. The number of benzene rings is 2. The molecule has 0 saturated heterocycles. The summed E-state index contributed by atoms with van der Waals surface area (Å²) in [6, 6.07) is 9.38.